The summed E-state index contributed by atoms with van der Waals surface area (Å²) < 4.78 is 6.24. The first-order valence-corrected chi connectivity index (χ1v) is 8.95. The maximum absolute atomic E-state index is 4.86. The van der Waals surface area contributed by atoms with Crippen LogP contribution in [0.2, 0.25) is 0 Å². The summed E-state index contributed by atoms with van der Waals surface area (Å²) in [6.07, 6.45) is 1.89. The molecule has 2 heterocycles. The maximum Gasteiger partial charge on any atom is 0.143 e. The molecule has 4 rings (SSSR count). The van der Waals surface area contributed by atoms with Crippen LogP contribution >= 0.6 is 31.9 Å². The van der Waals surface area contributed by atoms with Crippen molar-refractivity contribution in [2.24, 2.45) is 7.05 Å². The van der Waals surface area contributed by atoms with E-state index in [9.17, 15) is 0 Å². The van der Waals surface area contributed by atoms with E-state index in [0.717, 1.165) is 48.9 Å². The van der Waals surface area contributed by atoms with Gasteiger partial charge in [0, 0.05) is 23.6 Å². The molecule has 0 bridgehead atoms. The standard InChI is InChI=1S/C17H14Br2N4/c1-3-23-9-20-15-10(5-4-6-13(15)23)17-21-16-12(22(17)2)8-7-11(18)14(16)19/h4-9H,3H2,1-2H3. The Labute approximate surface area is 150 Å². The van der Waals surface area contributed by atoms with Crippen molar-refractivity contribution in [2.45, 2.75) is 13.5 Å². The van der Waals surface area contributed by atoms with Gasteiger partial charge < -0.3 is 9.13 Å². The quantitative estimate of drug-likeness (QED) is 0.439. The lowest BCUT2D eigenvalue weighted by Crippen LogP contribution is -1.94. The molecule has 0 amide bonds. The molecule has 0 aliphatic rings. The van der Waals surface area contributed by atoms with Gasteiger partial charge in [0.2, 0.25) is 0 Å². The van der Waals surface area contributed by atoms with Gasteiger partial charge in [-0.05, 0) is 63.0 Å². The van der Waals surface area contributed by atoms with Crippen LogP contribution in [0.4, 0.5) is 0 Å². The smallest absolute Gasteiger partial charge is 0.143 e. The number of hydrogen-bond donors (Lipinski definition) is 0. The zero-order valence-electron chi connectivity index (χ0n) is 12.7. The van der Waals surface area contributed by atoms with Crippen molar-refractivity contribution >= 4 is 53.9 Å². The highest BCUT2D eigenvalue weighted by molar-refractivity contribution is 9.13. The molecule has 116 valence electrons. The van der Waals surface area contributed by atoms with Gasteiger partial charge in [-0.15, -0.1) is 0 Å². The molecule has 0 fully saturated rings. The van der Waals surface area contributed by atoms with Crippen molar-refractivity contribution in [2.75, 3.05) is 0 Å². The molecule has 0 N–H and O–H groups in total. The second-order valence-electron chi connectivity index (χ2n) is 5.43. The first kappa shape index (κ1) is 14.9. The van der Waals surface area contributed by atoms with E-state index in [0.29, 0.717) is 0 Å². The fraction of sp³-hybridized carbons (Fsp3) is 0.176. The number of aryl methyl sites for hydroxylation is 2. The number of aromatic nitrogens is 4. The Morgan fingerprint density at radius 3 is 2.65 bits per heavy atom. The molecule has 23 heavy (non-hydrogen) atoms. The van der Waals surface area contributed by atoms with E-state index < -0.39 is 0 Å². The monoisotopic (exact) mass is 432 g/mol. The summed E-state index contributed by atoms with van der Waals surface area (Å²) in [5.41, 5.74) is 5.21. The fourth-order valence-corrected chi connectivity index (χ4v) is 3.71. The summed E-state index contributed by atoms with van der Waals surface area (Å²) in [5.74, 6) is 0.922. The predicted octanol–water partition coefficient (Wildman–Crippen LogP) is 5.13. The van der Waals surface area contributed by atoms with Crippen LogP contribution in [0.5, 0.6) is 0 Å². The van der Waals surface area contributed by atoms with Crippen molar-refractivity contribution in [3.63, 3.8) is 0 Å². The lowest BCUT2D eigenvalue weighted by Gasteiger charge is -2.05. The molecule has 6 heteroatoms. The number of nitrogens with zero attached hydrogens (tertiary/aromatic N) is 4. The van der Waals surface area contributed by atoms with Crippen LogP contribution in [-0.4, -0.2) is 19.1 Å². The van der Waals surface area contributed by atoms with E-state index in [1.165, 1.54) is 0 Å². The fourth-order valence-electron chi connectivity index (χ4n) is 2.96. The molecular weight excluding hydrogens is 420 g/mol. The molecule has 0 radical (unpaired) electrons. The maximum atomic E-state index is 4.86. The summed E-state index contributed by atoms with van der Waals surface area (Å²) in [5, 5.41) is 0. The number of rotatable bonds is 2. The number of fused-ring (bicyclic) bond motifs is 2. The Morgan fingerprint density at radius 2 is 1.87 bits per heavy atom. The minimum Gasteiger partial charge on any atom is -0.331 e. The van der Waals surface area contributed by atoms with Gasteiger partial charge >= 0.3 is 0 Å². The molecule has 0 spiro atoms. The first-order valence-electron chi connectivity index (χ1n) is 7.36. The van der Waals surface area contributed by atoms with Crippen molar-refractivity contribution in [3.05, 3.63) is 45.6 Å². The van der Waals surface area contributed by atoms with Gasteiger partial charge in [-0.3, -0.25) is 0 Å². The molecule has 4 aromatic rings. The Morgan fingerprint density at radius 1 is 1.04 bits per heavy atom. The van der Waals surface area contributed by atoms with E-state index in [-0.39, 0.29) is 0 Å². The lowest BCUT2D eigenvalue weighted by molar-refractivity contribution is 0.787. The average Bonchev–Trinajstić information content (AvgIpc) is 3.12. The van der Waals surface area contributed by atoms with E-state index in [4.69, 9.17) is 4.98 Å². The molecule has 0 atom stereocenters. The summed E-state index contributed by atoms with van der Waals surface area (Å²) >= 11 is 7.17. The zero-order valence-corrected chi connectivity index (χ0v) is 15.9. The van der Waals surface area contributed by atoms with Gasteiger partial charge in [0.1, 0.15) is 11.3 Å². The third-order valence-corrected chi connectivity index (χ3v) is 6.17. The highest BCUT2D eigenvalue weighted by atomic mass is 79.9. The summed E-state index contributed by atoms with van der Waals surface area (Å²) in [7, 11) is 2.04. The highest BCUT2D eigenvalue weighted by Gasteiger charge is 2.17. The third-order valence-electron chi connectivity index (χ3n) is 4.18. The normalized spacial score (nSPS) is 11.7. The van der Waals surface area contributed by atoms with Crippen molar-refractivity contribution in [3.8, 4) is 11.4 Å². The van der Waals surface area contributed by atoms with Crippen molar-refractivity contribution < 1.29 is 0 Å². The first-order chi connectivity index (χ1) is 11.1. The van der Waals surface area contributed by atoms with Crippen LogP contribution in [0.1, 0.15) is 6.92 Å². The Hall–Kier alpha value is -1.66. The van der Waals surface area contributed by atoms with E-state index in [2.05, 4.69) is 77.2 Å². The number of para-hydroxylation sites is 1. The molecular formula is C17H14Br2N4. The number of halogens is 2. The van der Waals surface area contributed by atoms with E-state index >= 15 is 0 Å². The topological polar surface area (TPSA) is 35.6 Å². The Balaban J connectivity index is 2.05. The zero-order chi connectivity index (χ0) is 16.1. The summed E-state index contributed by atoms with van der Waals surface area (Å²) in [6, 6.07) is 10.4. The van der Waals surface area contributed by atoms with Crippen LogP contribution in [0.15, 0.2) is 45.6 Å². The number of benzene rings is 2. The molecule has 0 aliphatic carbocycles. The van der Waals surface area contributed by atoms with Crippen molar-refractivity contribution in [1.82, 2.24) is 19.1 Å². The van der Waals surface area contributed by atoms with Crippen molar-refractivity contribution in [1.29, 1.82) is 0 Å². The molecule has 0 saturated carbocycles. The van der Waals surface area contributed by atoms with Crippen LogP contribution in [-0.2, 0) is 13.6 Å². The van der Waals surface area contributed by atoms with Crippen LogP contribution in [0.3, 0.4) is 0 Å². The minimum atomic E-state index is 0.904. The minimum absolute atomic E-state index is 0.904. The third kappa shape index (κ3) is 2.16. The van der Waals surface area contributed by atoms with Gasteiger partial charge in [-0.2, -0.15) is 0 Å². The molecule has 0 unspecified atom stereocenters. The van der Waals surface area contributed by atoms with Crippen LogP contribution in [0, 0.1) is 0 Å². The lowest BCUT2D eigenvalue weighted by atomic mass is 10.1. The molecule has 0 saturated heterocycles. The summed E-state index contributed by atoms with van der Waals surface area (Å²) in [6.45, 7) is 3.03. The van der Waals surface area contributed by atoms with Gasteiger partial charge in [0.25, 0.3) is 0 Å². The molecule has 2 aromatic carbocycles. The van der Waals surface area contributed by atoms with Crippen LogP contribution in [0.25, 0.3) is 33.5 Å². The molecule has 4 nitrogen and oxygen atoms in total. The molecule has 0 aliphatic heterocycles. The van der Waals surface area contributed by atoms with E-state index in [1.54, 1.807) is 0 Å². The Kier molecular flexibility index (Phi) is 3.54. The van der Waals surface area contributed by atoms with Crippen LogP contribution < -0.4 is 0 Å². The second kappa shape index (κ2) is 5.46. The van der Waals surface area contributed by atoms with Gasteiger partial charge in [-0.25, -0.2) is 9.97 Å². The number of imidazole rings is 2. The predicted molar refractivity (Wildman–Crippen MR) is 101 cm³/mol. The van der Waals surface area contributed by atoms with Gasteiger partial charge in [-0.1, -0.05) is 6.07 Å². The average molecular weight is 434 g/mol. The largest absolute Gasteiger partial charge is 0.331 e. The van der Waals surface area contributed by atoms with Gasteiger partial charge in [0.05, 0.1) is 27.4 Å². The number of hydrogen-bond acceptors (Lipinski definition) is 2. The Bertz CT molecular complexity index is 1050. The molecule has 2 aromatic heterocycles. The van der Waals surface area contributed by atoms with E-state index in [1.807, 2.05) is 19.4 Å². The van der Waals surface area contributed by atoms with Gasteiger partial charge in [0.15, 0.2) is 0 Å². The second-order valence-corrected chi connectivity index (χ2v) is 7.07. The summed E-state index contributed by atoms with van der Waals surface area (Å²) in [4.78, 5) is 9.47. The highest BCUT2D eigenvalue weighted by Crippen LogP contribution is 2.35. The SMILES string of the molecule is CCn1cnc2c(-c3nc4c(Br)c(Br)ccc4n3C)cccc21.